The van der Waals surface area contributed by atoms with Gasteiger partial charge in [-0.1, -0.05) is 131 Å². The third-order valence-corrected chi connectivity index (χ3v) is 17.8. The van der Waals surface area contributed by atoms with Crippen molar-refractivity contribution in [2.24, 2.45) is 0 Å². The van der Waals surface area contributed by atoms with Crippen LogP contribution in [0.4, 0.5) is 17.8 Å². The van der Waals surface area contributed by atoms with E-state index in [2.05, 4.69) is 154 Å². The smallest absolute Gasteiger partial charge is 0.232 e. The first kappa shape index (κ1) is 60.6. The summed E-state index contributed by atoms with van der Waals surface area (Å²) in [4.78, 5) is 33.7. The second-order valence-electron chi connectivity index (χ2n) is 25.9. The van der Waals surface area contributed by atoms with Gasteiger partial charge in [0.15, 0.2) is 0 Å². The van der Waals surface area contributed by atoms with Crippen LogP contribution >= 0.6 is 0 Å². The lowest BCUT2D eigenvalue weighted by molar-refractivity contribution is -0.0130. The zero-order chi connectivity index (χ0) is 51.1. The molecule has 0 N–H and O–H groups in total. The average Bonchev–Trinajstić information content (AvgIpc) is 3.25. The third kappa shape index (κ3) is 16.7. The first-order valence-corrected chi connectivity index (χ1v) is 29.1. The molecule has 0 aromatic carbocycles. The van der Waals surface area contributed by atoms with Crippen molar-refractivity contribution in [1.82, 2.24) is 29.7 Å². The Kier molecular flexibility index (Phi) is 23.9. The van der Waals surface area contributed by atoms with Gasteiger partial charge in [-0.25, -0.2) is 0 Å². The van der Waals surface area contributed by atoms with E-state index in [-0.39, 0.29) is 33.2 Å². The second-order valence-corrected chi connectivity index (χ2v) is 25.9. The molecule has 1 aromatic rings. The van der Waals surface area contributed by atoms with Gasteiger partial charge >= 0.3 is 0 Å². The lowest BCUT2D eigenvalue weighted by Crippen LogP contribution is -2.63. The Balaban J connectivity index is 0.00000604. The summed E-state index contributed by atoms with van der Waals surface area (Å²) in [5, 5.41) is 0. The highest BCUT2D eigenvalue weighted by atomic mass is 15.4. The number of aromatic nitrogens is 3. The molecular formula is C59H117N9. The van der Waals surface area contributed by atoms with Crippen LogP contribution in [0.25, 0.3) is 0 Å². The molecule has 3 saturated heterocycles. The van der Waals surface area contributed by atoms with Crippen LogP contribution in [-0.2, 0) is 0 Å². The van der Waals surface area contributed by atoms with Crippen molar-refractivity contribution in [3.8, 4) is 0 Å². The van der Waals surface area contributed by atoms with Gasteiger partial charge in [0.1, 0.15) is 0 Å². The fraction of sp³-hybridized carbons (Fsp3) is 0.949. The van der Waals surface area contributed by atoms with E-state index in [1.54, 1.807) is 0 Å². The number of hydrogen-bond acceptors (Lipinski definition) is 9. The number of likely N-dealkylation sites (tertiary alicyclic amines) is 3. The largest absolute Gasteiger partial charge is 0.338 e. The molecule has 398 valence electrons. The minimum atomic E-state index is 0.0503. The van der Waals surface area contributed by atoms with Crippen LogP contribution in [0.2, 0.25) is 0 Å². The summed E-state index contributed by atoms with van der Waals surface area (Å²) < 4.78 is 0. The molecule has 1 aromatic heterocycles. The monoisotopic (exact) mass is 952 g/mol. The third-order valence-electron chi connectivity index (χ3n) is 17.8. The van der Waals surface area contributed by atoms with E-state index in [0.717, 1.165) is 76.0 Å². The van der Waals surface area contributed by atoms with E-state index in [1.165, 1.54) is 116 Å². The Morgan fingerprint density at radius 2 is 0.515 bits per heavy atom. The molecule has 0 saturated carbocycles. The quantitative estimate of drug-likeness (QED) is 0.0803. The Morgan fingerprint density at radius 1 is 0.338 bits per heavy atom. The molecule has 4 rings (SSSR count). The summed E-state index contributed by atoms with van der Waals surface area (Å²) in [6.45, 7) is 43.5. The average molecular weight is 953 g/mol. The lowest BCUT2D eigenvalue weighted by Gasteiger charge is -2.56. The van der Waals surface area contributed by atoms with Gasteiger partial charge in [-0.3, -0.25) is 14.7 Å². The molecule has 0 aliphatic carbocycles. The van der Waals surface area contributed by atoms with Crippen LogP contribution in [0.1, 0.15) is 272 Å². The summed E-state index contributed by atoms with van der Waals surface area (Å²) in [5.41, 5.74) is 0.302. The van der Waals surface area contributed by atoms with E-state index in [9.17, 15) is 0 Å². The maximum Gasteiger partial charge on any atom is 0.232 e. The van der Waals surface area contributed by atoms with E-state index < -0.39 is 0 Å². The second kappa shape index (κ2) is 26.8. The van der Waals surface area contributed by atoms with Crippen molar-refractivity contribution in [2.45, 2.75) is 323 Å². The van der Waals surface area contributed by atoms with Gasteiger partial charge in [0.2, 0.25) is 17.8 Å². The van der Waals surface area contributed by atoms with E-state index in [4.69, 9.17) is 15.0 Å². The van der Waals surface area contributed by atoms with Crippen LogP contribution in [0.5, 0.6) is 0 Å². The minimum absolute atomic E-state index is 0.0503. The molecule has 3 fully saturated rings. The van der Waals surface area contributed by atoms with Gasteiger partial charge in [0.05, 0.1) is 0 Å². The standard InChI is InChI=1S/C57H111N9.C2H6/c1-19-22-25-28-31-34-37-64(46-40-52(4,5)61(16)53(6,7)41-46)49-58-50(65(38-35-32-29-26-23-20-2)47-42-54(8,9)62(17)55(10,11)43-47)60-51(59-49)66(39-36-33-30-27-24-21-3)48-44-56(12,13)63(18)57(14,15)45-48;1-2/h46-48H,19-45H2,1-18H3;1-2H3. The highest BCUT2D eigenvalue weighted by molar-refractivity contribution is 5.49. The molecule has 68 heavy (non-hydrogen) atoms. The summed E-state index contributed by atoms with van der Waals surface area (Å²) in [5.74, 6) is 2.80. The predicted molar refractivity (Wildman–Crippen MR) is 300 cm³/mol. The lowest BCUT2D eigenvalue weighted by atomic mass is 9.77. The van der Waals surface area contributed by atoms with Crippen LogP contribution in [0.15, 0.2) is 0 Å². The first-order valence-electron chi connectivity index (χ1n) is 29.1. The summed E-state index contributed by atoms with van der Waals surface area (Å²) >= 11 is 0. The van der Waals surface area contributed by atoms with E-state index >= 15 is 0 Å². The normalized spacial score (nSPS) is 21.9. The highest BCUT2D eigenvalue weighted by Crippen LogP contribution is 2.44. The van der Waals surface area contributed by atoms with Gasteiger partial charge in [-0.2, -0.15) is 15.0 Å². The Morgan fingerprint density at radius 3 is 0.706 bits per heavy atom. The molecular weight excluding hydrogens is 835 g/mol. The Labute approximate surface area is 424 Å². The summed E-state index contributed by atoms with van der Waals surface area (Å²) in [6, 6.07) is 1.02. The van der Waals surface area contributed by atoms with Gasteiger partial charge < -0.3 is 14.7 Å². The molecule has 0 unspecified atom stereocenters. The fourth-order valence-electron chi connectivity index (χ4n) is 12.9. The summed E-state index contributed by atoms with van der Waals surface area (Å²) in [6.07, 6.45) is 29.6. The van der Waals surface area contributed by atoms with Crippen LogP contribution in [0.3, 0.4) is 0 Å². The number of nitrogens with zero attached hydrogens (tertiary/aromatic N) is 9. The number of rotatable bonds is 27. The number of piperidine rings is 3. The van der Waals surface area contributed by atoms with Crippen molar-refractivity contribution >= 4 is 17.8 Å². The molecule has 0 amide bonds. The minimum Gasteiger partial charge on any atom is -0.338 e. The molecule has 9 nitrogen and oxygen atoms in total. The number of unbranched alkanes of at least 4 members (excludes halogenated alkanes) is 15. The SMILES string of the molecule is CC.CCCCCCCCN(c1nc(N(CCCCCCCC)C2CC(C)(C)N(C)C(C)(C)C2)nc(N(CCCCCCCC)C2CC(C)(C)N(C)C(C)(C)C2)n1)C1CC(C)(C)N(C)C(C)(C)C1. The van der Waals surface area contributed by atoms with Crippen LogP contribution < -0.4 is 14.7 Å². The topological polar surface area (TPSA) is 58.1 Å². The molecule has 3 aliphatic heterocycles. The Hall–Kier alpha value is -1.71. The van der Waals surface area contributed by atoms with Gasteiger partial charge in [0, 0.05) is 71.0 Å². The first-order chi connectivity index (χ1) is 31.8. The molecule has 0 radical (unpaired) electrons. The van der Waals surface area contributed by atoms with Crippen molar-refractivity contribution in [3.05, 3.63) is 0 Å². The summed E-state index contributed by atoms with van der Waals surface area (Å²) in [7, 11) is 7.05. The fourth-order valence-corrected chi connectivity index (χ4v) is 12.9. The molecule has 3 aliphatic rings. The zero-order valence-electron chi connectivity index (χ0n) is 49.3. The van der Waals surface area contributed by atoms with Gasteiger partial charge in [-0.15, -0.1) is 0 Å². The van der Waals surface area contributed by atoms with Crippen molar-refractivity contribution < 1.29 is 0 Å². The molecule has 4 heterocycles. The number of hydrogen-bond donors (Lipinski definition) is 0. The molecule has 9 heteroatoms. The molecule has 0 bridgehead atoms. The van der Waals surface area contributed by atoms with Crippen LogP contribution in [-0.4, -0.2) is 122 Å². The van der Waals surface area contributed by atoms with Gasteiger partial charge in [0.25, 0.3) is 0 Å². The van der Waals surface area contributed by atoms with Crippen molar-refractivity contribution in [3.63, 3.8) is 0 Å². The number of anilines is 3. The van der Waals surface area contributed by atoms with Crippen LogP contribution in [0, 0.1) is 0 Å². The van der Waals surface area contributed by atoms with E-state index in [0.29, 0.717) is 18.1 Å². The maximum atomic E-state index is 5.86. The highest BCUT2D eigenvalue weighted by Gasteiger charge is 2.49. The molecule has 0 spiro atoms. The zero-order valence-corrected chi connectivity index (χ0v) is 49.3. The molecule has 0 atom stereocenters. The van der Waals surface area contributed by atoms with Crippen molar-refractivity contribution in [2.75, 3.05) is 55.5 Å². The Bertz CT molecular complexity index is 1320. The van der Waals surface area contributed by atoms with Crippen molar-refractivity contribution in [1.29, 1.82) is 0 Å². The van der Waals surface area contributed by atoms with Gasteiger partial charge in [-0.05, 0) is 162 Å². The van der Waals surface area contributed by atoms with E-state index in [1.807, 2.05) is 13.8 Å². The predicted octanol–water partition coefficient (Wildman–Crippen LogP) is 15.4. The maximum absolute atomic E-state index is 5.86.